The molecule has 2 aromatic heterocycles. The fraction of sp³-hybridized carbons (Fsp3) is 0.500. The van der Waals surface area contributed by atoms with Crippen LogP contribution in [0.3, 0.4) is 0 Å². The van der Waals surface area contributed by atoms with Crippen LogP contribution in [-0.2, 0) is 6.42 Å². The molecule has 2 aromatic rings. The normalized spacial score (nSPS) is 18.3. The number of hydrogen-bond acceptors (Lipinski definition) is 5. The number of nitrogens with two attached hydrogens (primary N) is 1. The van der Waals surface area contributed by atoms with Crippen molar-refractivity contribution in [3.05, 3.63) is 30.2 Å². The van der Waals surface area contributed by atoms with Gasteiger partial charge in [0.25, 0.3) is 5.89 Å². The van der Waals surface area contributed by atoms with Gasteiger partial charge in [0.2, 0.25) is 0 Å². The smallest absolute Gasteiger partial charge is 0.276 e. The van der Waals surface area contributed by atoms with E-state index >= 15 is 0 Å². The van der Waals surface area contributed by atoms with Gasteiger partial charge < -0.3 is 15.2 Å². The second-order valence-electron chi connectivity index (χ2n) is 5.91. The van der Waals surface area contributed by atoms with Crippen molar-refractivity contribution >= 4 is 29.9 Å². The molecule has 0 bridgehead atoms. The summed E-state index contributed by atoms with van der Waals surface area (Å²) in [5, 5.41) is 3.96. The number of likely N-dealkylation sites (tertiary alicyclic amines) is 1. The lowest BCUT2D eigenvalue weighted by Gasteiger charge is -2.31. The molecular formula is C16H23IN6O. The lowest BCUT2D eigenvalue weighted by Crippen LogP contribution is -2.43. The van der Waals surface area contributed by atoms with E-state index in [9.17, 15) is 0 Å². The molecule has 1 atom stereocenters. The molecule has 0 spiro atoms. The summed E-state index contributed by atoms with van der Waals surface area (Å²) in [5.41, 5.74) is 6.75. The first-order valence-corrected chi connectivity index (χ1v) is 8.01. The van der Waals surface area contributed by atoms with Crippen molar-refractivity contribution in [1.82, 2.24) is 20.0 Å². The van der Waals surface area contributed by atoms with Gasteiger partial charge in [-0.05, 0) is 30.9 Å². The summed E-state index contributed by atoms with van der Waals surface area (Å²) in [6, 6.07) is 5.57. The summed E-state index contributed by atoms with van der Waals surface area (Å²) < 4.78 is 5.22. The molecule has 3 rings (SSSR count). The quantitative estimate of drug-likeness (QED) is 0.444. The van der Waals surface area contributed by atoms with Crippen molar-refractivity contribution in [1.29, 1.82) is 0 Å². The van der Waals surface area contributed by atoms with Crippen molar-refractivity contribution in [3.63, 3.8) is 0 Å². The molecular weight excluding hydrogens is 419 g/mol. The summed E-state index contributed by atoms with van der Waals surface area (Å²) >= 11 is 0. The Morgan fingerprint density at radius 2 is 2.33 bits per heavy atom. The van der Waals surface area contributed by atoms with Crippen molar-refractivity contribution < 1.29 is 4.52 Å². The highest BCUT2D eigenvalue weighted by atomic mass is 127. The van der Waals surface area contributed by atoms with Gasteiger partial charge in [0.1, 0.15) is 5.69 Å². The second kappa shape index (κ2) is 8.95. The first-order chi connectivity index (χ1) is 11.2. The number of guanidine groups is 1. The van der Waals surface area contributed by atoms with Crippen LogP contribution >= 0.6 is 24.0 Å². The maximum atomic E-state index is 6.07. The van der Waals surface area contributed by atoms with Crippen LogP contribution in [0, 0.1) is 5.92 Å². The number of halogens is 1. The average Bonchev–Trinajstić information content (AvgIpc) is 3.04. The molecule has 8 heteroatoms. The number of rotatable bonds is 4. The lowest BCUT2D eigenvalue weighted by molar-refractivity contribution is 0.270. The van der Waals surface area contributed by atoms with Gasteiger partial charge in [-0.3, -0.25) is 9.98 Å². The van der Waals surface area contributed by atoms with Gasteiger partial charge in [0.15, 0.2) is 11.8 Å². The fourth-order valence-corrected chi connectivity index (χ4v) is 2.72. The van der Waals surface area contributed by atoms with Crippen LogP contribution in [0.4, 0.5) is 0 Å². The first kappa shape index (κ1) is 18.6. The topological polar surface area (TPSA) is 93.4 Å². The zero-order valence-electron chi connectivity index (χ0n) is 13.8. The molecule has 2 N–H and O–H groups in total. The van der Waals surface area contributed by atoms with Crippen LogP contribution in [0.5, 0.6) is 0 Å². The van der Waals surface area contributed by atoms with E-state index in [2.05, 4.69) is 31.9 Å². The molecule has 0 amide bonds. The van der Waals surface area contributed by atoms with Crippen LogP contribution in [0.15, 0.2) is 33.9 Å². The highest BCUT2D eigenvalue weighted by Gasteiger charge is 2.17. The number of aliphatic imine (C=N–C) groups is 1. The lowest BCUT2D eigenvalue weighted by atomic mass is 10.0. The predicted octanol–water partition coefficient (Wildman–Crippen LogP) is 2.34. The molecule has 0 saturated carbocycles. The number of pyridine rings is 1. The second-order valence-corrected chi connectivity index (χ2v) is 5.91. The van der Waals surface area contributed by atoms with E-state index in [0.29, 0.717) is 42.3 Å². The van der Waals surface area contributed by atoms with Gasteiger partial charge in [-0.2, -0.15) is 4.98 Å². The molecule has 1 aliphatic rings. The van der Waals surface area contributed by atoms with E-state index in [1.165, 1.54) is 12.8 Å². The molecule has 3 heterocycles. The number of nitrogens with zero attached hydrogens (tertiary/aromatic N) is 5. The van der Waals surface area contributed by atoms with Gasteiger partial charge in [-0.1, -0.05) is 18.1 Å². The Labute approximate surface area is 158 Å². The SMILES string of the molecule is CC1CCCN(C(N)=NCCc2noc(-c3ccccn3)n2)C1.I. The van der Waals surface area contributed by atoms with Crippen LogP contribution in [-0.4, -0.2) is 45.6 Å². The van der Waals surface area contributed by atoms with Gasteiger partial charge >= 0.3 is 0 Å². The third kappa shape index (κ3) is 4.89. The van der Waals surface area contributed by atoms with E-state index in [1.807, 2.05) is 18.2 Å². The Morgan fingerprint density at radius 1 is 1.46 bits per heavy atom. The fourth-order valence-electron chi connectivity index (χ4n) is 2.72. The standard InChI is InChI=1S/C16H22N6O.HI/c1-12-5-4-10-22(11-12)16(17)19-9-7-14-20-15(23-21-14)13-6-2-3-8-18-13;/h2-3,6,8,12H,4-5,7,9-11H2,1H3,(H2,17,19);1H. The molecule has 1 aliphatic heterocycles. The van der Waals surface area contributed by atoms with Crippen LogP contribution in [0.25, 0.3) is 11.6 Å². The van der Waals surface area contributed by atoms with E-state index in [1.54, 1.807) is 6.20 Å². The van der Waals surface area contributed by atoms with Gasteiger partial charge in [-0.25, -0.2) is 0 Å². The Morgan fingerprint density at radius 3 is 3.08 bits per heavy atom. The Hall–Kier alpha value is -1.71. The van der Waals surface area contributed by atoms with Crippen molar-refractivity contribution in [2.24, 2.45) is 16.6 Å². The van der Waals surface area contributed by atoms with Crippen molar-refractivity contribution in [3.8, 4) is 11.6 Å². The highest BCUT2D eigenvalue weighted by Crippen LogP contribution is 2.15. The minimum absolute atomic E-state index is 0. The van der Waals surface area contributed by atoms with Gasteiger partial charge in [0, 0.05) is 32.3 Å². The van der Waals surface area contributed by atoms with Crippen LogP contribution < -0.4 is 5.73 Å². The monoisotopic (exact) mass is 442 g/mol. The number of aromatic nitrogens is 3. The Balaban J connectivity index is 0.00000208. The summed E-state index contributed by atoms with van der Waals surface area (Å²) in [4.78, 5) is 15.1. The average molecular weight is 442 g/mol. The molecule has 130 valence electrons. The molecule has 0 aliphatic carbocycles. The molecule has 0 radical (unpaired) electrons. The minimum Gasteiger partial charge on any atom is -0.370 e. The van der Waals surface area contributed by atoms with E-state index in [4.69, 9.17) is 10.3 Å². The Kier molecular flexibility index (Phi) is 6.95. The van der Waals surface area contributed by atoms with Crippen molar-refractivity contribution in [2.45, 2.75) is 26.2 Å². The van der Waals surface area contributed by atoms with Gasteiger partial charge in [0.05, 0.1) is 0 Å². The van der Waals surface area contributed by atoms with Crippen LogP contribution in [0.1, 0.15) is 25.6 Å². The maximum absolute atomic E-state index is 6.07. The van der Waals surface area contributed by atoms with Gasteiger partial charge in [-0.15, -0.1) is 24.0 Å². The highest BCUT2D eigenvalue weighted by molar-refractivity contribution is 14.0. The number of piperidine rings is 1. The third-order valence-corrected chi connectivity index (χ3v) is 3.94. The molecule has 1 saturated heterocycles. The van der Waals surface area contributed by atoms with E-state index in [0.717, 1.165) is 13.1 Å². The van der Waals surface area contributed by atoms with Crippen LogP contribution in [0.2, 0.25) is 0 Å². The maximum Gasteiger partial charge on any atom is 0.276 e. The largest absolute Gasteiger partial charge is 0.370 e. The zero-order valence-corrected chi connectivity index (χ0v) is 16.1. The molecule has 7 nitrogen and oxygen atoms in total. The zero-order chi connectivity index (χ0) is 16.1. The molecule has 0 aromatic carbocycles. The van der Waals surface area contributed by atoms with Crippen molar-refractivity contribution in [2.75, 3.05) is 19.6 Å². The summed E-state index contributed by atoms with van der Waals surface area (Å²) in [6.45, 7) is 4.78. The van der Waals surface area contributed by atoms with E-state index in [-0.39, 0.29) is 24.0 Å². The molecule has 1 unspecified atom stereocenters. The predicted molar refractivity (Wildman–Crippen MR) is 103 cm³/mol. The molecule has 24 heavy (non-hydrogen) atoms. The third-order valence-electron chi connectivity index (χ3n) is 3.94. The Bertz CT molecular complexity index is 660. The van der Waals surface area contributed by atoms with E-state index < -0.39 is 0 Å². The number of hydrogen-bond donors (Lipinski definition) is 1. The summed E-state index contributed by atoms with van der Waals surface area (Å²) in [6.07, 6.45) is 4.74. The first-order valence-electron chi connectivity index (χ1n) is 8.01. The minimum atomic E-state index is 0. The molecule has 1 fully saturated rings. The summed E-state index contributed by atoms with van der Waals surface area (Å²) in [5.74, 6) is 2.34. The summed E-state index contributed by atoms with van der Waals surface area (Å²) in [7, 11) is 0.